The van der Waals surface area contributed by atoms with Gasteiger partial charge < -0.3 is 5.21 Å². The third-order valence-electron chi connectivity index (χ3n) is 2.33. The zero-order valence-corrected chi connectivity index (χ0v) is 8.96. The number of nitrogens with zero attached hydrogens (tertiary/aromatic N) is 2. The Hall–Kier alpha value is -2.16. The van der Waals surface area contributed by atoms with Crippen LogP contribution in [0.25, 0.3) is 0 Å². The van der Waals surface area contributed by atoms with Gasteiger partial charge in [0.05, 0.1) is 5.69 Å². The van der Waals surface area contributed by atoms with Crippen molar-refractivity contribution in [2.75, 3.05) is 0 Å². The molecule has 0 aliphatic rings. The number of hydrogen-bond acceptors (Lipinski definition) is 3. The van der Waals surface area contributed by atoms with Crippen molar-refractivity contribution in [1.29, 1.82) is 0 Å². The van der Waals surface area contributed by atoms with Crippen molar-refractivity contribution in [3.63, 3.8) is 0 Å². The highest BCUT2D eigenvalue weighted by Gasteiger charge is 2.07. The fourth-order valence-corrected chi connectivity index (χ4v) is 1.47. The van der Waals surface area contributed by atoms with E-state index >= 15 is 0 Å². The fourth-order valence-electron chi connectivity index (χ4n) is 1.47. The van der Waals surface area contributed by atoms with Crippen molar-refractivity contribution in [3.05, 3.63) is 65.5 Å². The van der Waals surface area contributed by atoms with Crippen LogP contribution in [0, 0.1) is 6.92 Å². The first kappa shape index (κ1) is 10.4. The minimum Gasteiger partial charge on any atom is -0.410 e. The second-order valence-electron chi connectivity index (χ2n) is 3.53. The van der Waals surface area contributed by atoms with Crippen molar-refractivity contribution < 1.29 is 5.21 Å². The van der Waals surface area contributed by atoms with Crippen LogP contribution in [0.4, 0.5) is 0 Å². The van der Waals surface area contributed by atoms with Gasteiger partial charge in [-0.2, -0.15) is 0 Å². The summed E-state index contributed by atoms with van der Waals surface area (Å²) in [5, 5.41) is 12.4. The van der Waals surface area contributed by atoms with Gasteiger partial charge in [-0.1, -0.05) is 41.1 Å². The van der Waals surface area contributed by atoms with Crippen LogP contribution >= 0.6 is 0 Å². The van der Waals surface area contributed by atoms with E-state index in [0.717, 1.165) is 5.56 Å². The van der Waals surface area contributed by atoms with Gasteiger partial charge >= 0.3 is 0 Å². The molecule has 0 unspecified atom stereocenters. The van der Waals surface area contributed by atoms with Crippen LogP contribution in [0.1, 0.15) is 16.8 Å². The SMILES string of the molecule is Cc1ccc(/C(=N/O)c2ccccn2)cc1. The monoisotopic (exact) mass is 212 g/mol. The van der Waals surface area contributed by atoms with E-state index in [1.165, 1.54) is 5.56 Å². The average Bonchev–Trinajstić information content (AvgIpc) is 2.34. The molecule has 0 radical (unpaired) electrons. The minimum atomic E-state index is 0.487. The number of oxime groups is 1. The number of benzene rings is 1. The number of hydrogen-bond donors (Lipinski definition) is 1. The highest BCUT2D eigenvalue weighted by molar-refractivity contribution is 6.11. The fraction of sp³-hybridized carbons (Fsp3) is 0.0769. The molecule has 0 amide bonds. The second-order valence-corrected chi connectivity index (χ2v) is 3.53. The molecule has 0 bridgehead atoms. The lowest BCUT2D eigenvalue weighted by Gasteiger charge is -2.03. The van der Waals surface area contributed by atoms with Gasteiger partial charge in [0, 0.05) is 11.8 Å². The molecular formula is C13H12N2O. The van der Waals surface area contributed by atoms with Gasteiger partial charge in [-0.3, -0.25) is 4.98 Å². The molecule has 2 rings (SSSR count). The first-order valence-electron chi connectivity index (χ1n) is 5.02. The van der Waals surface area contributed by atoms with E-state index in [4.69, 9.17) is 5.21 Å². The molecule has 2 aromatic rings. The number of rotatable bonds is 2. The van der Waals surface area contributed by atoms with Gasteiger partial charge in [0.2, 0.25) is 0 Å². The molecule has 0 spiro atoms. The van der Waals surface area contributed by atoms with E-state index in [1.54, 1.807) is 6.20 Å². The summed E-state index contributed by atoms with van der Waals surface area (Å²) in [6, 6.07) is 13.3. The lowest BCUT2D eigenvalue weighted by molar-refractivity contribution is 0.319. The van der Waals surface area contributed by atoms with Gasteiger partial charge in [-0.15, -0.1) is 0 Å². The van der Waals surface area contributed by atoms with Crippen molar-refractivity contribution >= 4 is 5.71 Å². The summed E-state index contributed by atoms with van der Waals surface area (Å²) >= 11 is 0. The molecule has 1 aromatic heterocycles. The Kier molecular flexibility index (Phi) is 2.96. The summed E-state index contributed by atoms with van der Waals surface area (Å²) in [6.45, 7) is 2.01. The van der Waals surface area contributed by atoms with Crippen LogP contribution < -0.4 is 0 Å². The standard InChI is InChI=1S/C13H12N2O/c1-10-5-7-11(8-6-10)13(15-16)12-4-2-3-9-14-12/h2-9,16H,1H3/b15-13-. The molecular weight excluding hydrogens is 200 g/mol. The van der Waals surface area contributed by atoms with Crippen LogP contribution in [0.2, 0.25) is 0 Å². The molecule has 0 aliphatic heterocycles. The molecule has 1 heterocycles. The maximum atomic E-state index is 9.05. The lowest BCUT2D eigenvalue weighted by atomic mass is 10.1. The Morgan fingerprint density at radius 2 is 1.88 bits per heavy atom. The molecule has 0 saturated heterocycles. The Labute approximate surface area is 94.1 Å². The Morgan fingerprint density at radius 1 is 1.12 bits per heavy atom. The predicted molar refractivity (Wildman–Crippen MR) is 62.8 cm³/mol. The summed E-state index contributed by atoms with van der Waals surface area (Å²) in [4.78, 5) is 4.16. The molecule has 0 fully saturated rings. The summed E-state index contributed by atoms with van der Waals surface area (Å²) in [5.41, 5.74) is 3.17. The van der Waals surface area contributed by atoms with Crippen LogP contribution in [0.15, 0.2) is 53.8 Å². The number of aryl methyl sites for hydroxylation is 1. The molecule has 3 nitrogen and oxygen atoms in total. The Balaban J connectivity index is 2.42. The highest BCUT2D eigenvalue weighted by atomic mass is 16.4. The smallest absolute Gasteiger partial charge is 0.135 e. The molecule has 0 aliphatic carbocycles. The summed E-state index contributed by atoms with van der Waals surface area (Å²) in [5.74, 6) is 0. The maximum Gasteiger partial charge on any atom is 0.135 e. The van der Waals surface area contributed by atoms with E-state index in [-0.39, 0.29) is 0 Å². The van der Waals surface area contributed by atoms with E-state index < -0.39 is 0 Å². The third kappa shape index (κ3) is 2.08. The summed E-state index contributed by atoms with van der Waals surface area (Å²) in [7, 11) is 0. The van der Waals surface area contributed by atoms with Gasteiger partial charge in [0.15, 0.2) is 0 Å². The molecule has 3 heteroatoms. The lowest BCUT2D eigenvalue weighted by Crippen LogP contribution is -2.05. The second kappa shape index (κ2) is 4.57. The molecule has 80 valence electrons. The van der Waals surface area contributed by atoms with Crippen molar-refractivity contribution in [2.24, 2.45) is 5.16 Å². The summed E-state index contributed by atoms with van der Waals surface area (Å²) < 4.78 is 0. The molecule has 1 N–H and O–H groups in total. The van der Waals surface area contributed by atoms with Crippen LogP contribution in [-0.2, 0) is 0 Å². The zero-order valence-electron chi connectivity index (χ0n) is 8.96. The molecule has 0 atom stereocenters. The normalized spacial score (nSPS) is 11.4. The predicted octanol–water partition coefficient (Wildman–Crippen LogP) is 2.62. The highest BCUT2D eigenvalue weighted by Crippen LogP contribution is 2.09. The van der Waals surface area contributed by atoms with Crippen LogP contribution in [0.3, 0.4) is 0 Å². The quantitative estimate of drug-likeness (QED) is 0.472. The van der Waals surface area contributed by atoms with Crippen LogP contribution in [0.5, 0.6) is 0 Å². The van der Waals surface area contributed by atoms with Crippen molar-refractivity contribution in [1.82, 2.24) is 4.98 Å². The van der Waals surface area contributed by atoms with Crippen molar-refractivity contribution in [3.8, 4) is 0 Å². The first-order chi connectivity index (χ1) is 7.81. The van der Waals surface area contributed by atoms with E-state index in [2.05, 4.69) is 10.1 Å². The molecule has 0 saturated carbocycles. The Bertz CT molecular complexity index is 489. The molecule has 16 heavy (non-hydrogen) atoms. The topological polar surface area (TPSA) is 45.5 Å². The van der Waals surface area contributed by atoms with Gasteiger partial charge in [-0.25, -0.2) is 0 Å². The van der Waals surface area contributed by atoms with E-state index in [9.17, 15) is 0 Å². The minimum absolute atomic E-state index is 0.487. The third-order valence-corrected chi connectivity index (χ3v) is 2.33. The maximum absolute atomic E-state index is 9.05. The zero-order chi connectivity index (χ0) is 11.4. The van der Waals surface area contributed by atoms with E-state index in [1.807, 2.05) is 49.4 Å². The van der Waals surface area contributed by atoms with E-state index in [0.29, 0.717) is 11.4 Å². The molecule has 1 aromatic carbocycles. The van der Waals surface area contributed by atoms with Gasteiger partial charge in [-0.05, 0) is 19.1 Å². The first-order valence-corrected chi connectivity index (χ1v) is 5.02. The Morgan fingerprint density at radius 3 is 2.44 bits per heavy atom. The van der Waals surface area contributed by atoms with Crippen LogP contribution in [-0.4, -0.2) is 15.9 Å². The van der Waals surface area contributed by atoms with Gasteiger partial charge in [0.25, 0.3) is 0 Å². The number of aromatic nitrogens is 1. The summed E-state index contributed by atoms with van der Waals surface area (Å²) in [6.07, 6.45) is 1.68. The van der Waals surface area contributed by atoms with Gasteiger partial charge in [0.1, 0.15) is 5.71 Å². The van der Waals surface area contributed by atoms with Crippen molar-refractivity contribution in [2.45, 2.75) is 6.92 Å². The largest absolute Gasteiger partial charge is 0.410 e. The average molecular weight is 212 g/mol. The number of pyridine rings is 1.